The quantitative estimate of drug-likeness (QED) is 0.173. The zero-order valence-corrected chi connectivity index (χ0v) is 27.2. The highest BCUT2D eigenvalue weighted by Crippen LogP contribution is 2.35. The molecule has 0 fully saturated rings. The van der Waals surface area contributed by atoms with Gasteiger partial charge in [-0.3, -0.25) is 9.36 Å². The van der Waals surface area contributed by atoms with E-state index < -0.39 is 12.0 Å². The van der Waals surface area contributed by atoms with Crippen LogP contribution in [0.1, 0.15) is 43.5 Å². The molecule has 1 aliphatic rings. The first-order valence-electron chi connectivity index (χ1n) is 12.8. The van der Waals surface area contributed by atoms with Crippen LogP contribution in [0.5, 0.6) is 5.75 Å². The number of ether oxygens (including phenoxy) is 2. The summed E-state index contributed by atoms with van der Waals surface area (Å²) >= 11 is 5.84. The van der Waals surface area contributed by atoms with Crippen molar-refractivity contribution in [2.45, 2.75) is 32.9 Å². The average Bonchev–Trinajstić information content (AvgIpc) is 3.25. The van der Waals surface area contributed by atoms with Crippen molar-refractivity contribution in [2.75, 3.05) is 6.61 Å². The fourth-order valence-corrected chi connectivity index (χ4v) is 7.63. The van der Waals surface area contributed by atoms with Crippen molar-refractivity contribution in [3.8, 4) is 5.75 Å². The molecule has 1 atom stereocenters. The highest BCUT2D eigenvalue weighted by Gasteiger charge is 2.35. The van der Waals surface area contributed by atoms with Crippen molar-refractivity contribution in [2.24, 2.45) is 4.99 Å². The Hall–Kier alpha value is -2.77. The Labute approximate surface area is 263 Å². The number of rotatable bonds is 7. The molecule has 0 saturated heterocycles. The fourth-order valence-electron chi connectivity index (χ4n) is 4.55. The summed E-state index contributed by atoms with van der Waals surface area (Å²) < 4.78 is 15.6. The lowest BCUT2D eigenvalue weighted by Crippen LogP contribution is -2.40. The van der Waals surface area contributed by atoms with Gasteiger partial charge in [0.05, 0.1) is 41.7 Å². The highest BCUT2D eigenvalue weighted by atomic mass is 127. The molecule has 204 valence electrons. The lowest BCUT2D eigenvalue weighted by atomic mass is 9.93. The van der Waals surface area contributed by atoms with E-state index in [0.717, 1.165) is 29.6 Å². The minimum absolute atomic E-state index is 0.0574. The molecule has 0 N–H and O–H groups in total. The lowest BCUT2D eigenvalue weighted by Gasteiger charge is -2.25. The Bertz CT molecular complexity index is 1750. The van der Waals surface area contributed by atoms with Gasteiger partial charge < -0.3 is 9.47 Å². The molecule has 2 heterocycles. The van der Waals surface area contributed by atoms with Crippen molar-refractivity contribution in [3.63, 3.8) is 0 Å². The molecular weight excluding hydrogens is 750 g/mol. The highest BCUT2D eigenvalue weighted by molar-refractivity contribution is 14.1. The van der Waals surface area contributed by atoms with Gasteiger partial charge in [-0.05, 0) is 95.3 Å². The summed E-state index contributed by atoms with van der Waals surface area (Å²) in [5, 5.41) is 0. The maximum absolute atomic E-state index is 14.0. The SMILES string of the molecule is CCOC(=O)C1=C(c2ccccc2)N=c2s/c(=C\c3cc(I)c(OC(C)C)c(I)c3)c(=O)n2[C@H]1c1ccccc1. The molecule has 0 radical (unpaired) electrons. The molecule has 0 bridgehead atoms. The monoisotopic (exact) mass is 776 g/mol. The zero-order valence-electron chi connectivity index (χ0n) is 22.1. The van der Waals surface area contributed by atoms with Gasteiger partial charge in [-0.25, -0.2) is 9.79 Å². The Morgan fingerprint density at radius 1 is 1.05 bits per heavy atom. The zero-order chi connectivity index (χ0) is 28.4. The first-order chi connectivity index (χ1) is 19.3. The first kappa shape index (κ1) is 28.7. The molecule has 9 heteroatoms. The van der Waals surface area contributed by atoms with E-state index in [2.05, 4.69) is 45.2 Å². The van der Waals surface area contributed by atoms with E-state index >= 15 is 0 Å². The summed E-state index contributed by atoms with van der Waals surface area (Å²) in [5.74, 6) is 0.351. The number of esters is 1. The van der Waals surface area contributed by atoms with Crippen LogP contribution in [0, 0.1) is 7.14 Å². The minimum Gasteiger partial charge on any atom is -0.489 e. The van der Waals surface area contributed by atoms with Gasteiger partial charge in [0.15, 0.2) is 4.80 Å². The molecule has 4 aromatic rings. The van der Waals surface area contributed by atoms with Crippen LogP contribution in [0.25, 0.3) is 11.8 Å². The smallest absolute Gasteiger partial charge is 0.338 e. The summed E-state index contributed by atoms with van der Waals surface area (Å²) in [6, 6.07) is 22.5. The third-order valence-corrected chi connectivity index (χ3v) is 8.75. The van der Waals surface area contributed by atoms with E-state index in [1.807, 2.05) is 92.7 Å². The van der Waals surface area contributed by atoms with Gasteiger partial charge in [0.2, 0.25) is 0 Å². The summed E-state index contributed by atoms with van der Waals surface area (Å²) in [6.07, 6.45) is 1.94. The number of nitrogens with zero attached hydrogens (tertiary/aromatic N) is 2. The Balaban J connectivity index is 1.76. The summed E-state index contributed by atoms with van der Waals surface area (Å²) in [7, 11) is 0. The average molecular weight is 776 g/mol. The number of carbonyl (C=O) groups excluding carboxylic acids is 1. The number of halogens is 2. The van der Waals surface area contributed by atoms with Gasteiger partial charge in [-0.15, -0.1) is 0 Å². The predicted octanol–water partition coefficient (Wildman–Crippen LogP) is 5.93. The van der Waals surface area contributed by atoms with Gasteiger partial charge in [0.25, 0.3) is 5.56 Å². The van der Waals surface area contributed by atoms with Crippen LogP contribution < -0.4 is 19.6 Å². The van der Waals surface area contributed by atoms with Crippen LogP contribution >= 0.6 is 56.5 Å². The maximum atomic E-state index is 14.0. The van der Waals surface area contributed by atoms with Crippen LogP contribution in [0.3, 0.4) is 0 Å². The van der Waals surface area contributed by atoms with Crippen LogP contribution in [0.2, 0.25) is 0 Å². The standard InChI is InChI=1S/C31H26I2N2O4S/c1-4-38-30(37)25-26(20-11-7-5-8-12-20)34-31-35(27(25)21-13-9-6-10-14-21)29(36)24(40-31)17-19-15-22(32)28(23(33)16-19)39-18(2)3/h5-18,27H,4H2,1-3H3/b24-17-/t27-/m0/s1. The van der Waals surface area contributed by atoms with E-state index in [1.54, 1.807) is 11.5 Å². The van der Waals surface area contributed by atoms with Gasteiger partial charge in [0.1, 0.15) is 5.75 Å². The lowest BCUT2D eigenvalue weighted by molar-refractivity contribution is -0.138. The Morgan fingerprint density at radius 2 is 1.68 bits per heavy atom. The second kappa shape index (κ2) is 12.4. The molecular formula is C31H26I2N2O4S. The van der Waals surface area contributed by atoms with Crippen molar-refractivity contribution >= 4 is 74.3 Å². The Morgan fingerprint density at radius 3 is 2.27 bits per heavy atom. The normalized spacial score (nSPS) is 15.2. The van der Waals surface area contributed by atoms with E-state index in [-0.39, 0.29) is 18.3 Å². The summed E-state index contributed by atoms with van der Waals surface area (Å²) in [5.41, 5.74) is 3.13. The molecule has 0 saturated carbocycles. The number of thiazole rings is 1. The van der Waals surface area contributed by atoms with Crippen LogP contribution in [0.4, 0.5) is 0 Å². The van der Waals surface area contributed by atoms with Crippen LogP contribution in [-0.2, 0) is 9.53 Å². The second-order valence-electron chi connectivity index (χ2n) is 9.32. The van der Waals surface area contributed by atoms with E-state index in [9.17, 15) is 9.59 Å². The van der Waals surface area contributed by atoms with Gasteiger partial charge >= 0.3 is 5.97 Å². The number of aromatic nitrogens is 1. The van der Waals surface area contributed by atoms with Crippen molar-refractivity contribution in [1.29, 1.82) is 0 Å². The number of benzene rings is 3. The summed E-state index contributed by atoms with van der Waals surface area (Å²) in [4.78, 5) is 33.0. The molecule has 0 unspecified atom stereocenters. The molecule has 40 heavy (non-hydrogen) atoms. The topological polar surface area (TPSA) is 69.9 Å². The predicted molar refractivity (Wildman–Crippen MR) is 175 cm³/mol. The van der Waals surface area contributed by atoms with Crippen molar-refractivity contribution in [3.05, 3.63) is 122 Å². The molecule has 0 aliphatic carbocycles. The second-order valence-corrected chi connectivity index (χ2v) is 12.7. The van der Waals surface area contributed by atoms with Gasteiger partial charge in [-0.1, -0.05) is 72.0 Å². The third kappa shape index (κ3) is 5.82. The molecule has 6 nitrogen and oxygen atoms in total. The van der Waals surface area contributed by atoms with E-state index in [4.69, 9.17) is 14.5 Å². The number of fused-ring (bicyclic) bond motifs is 1. The summed E-state index contributed by atoms with van der Waals surface area (Å²) in [6.45, 7) is 5.98. The van der Waals surface area contributed by atoms with E-state index in [1.165, 1.54) is 11.3 Å². The minimum atomic E-state index is -0.684. The van der Waals surface area contributed by atoms with Gasteiger partial charge in [0, 0.05) is 5.56 Å². The first-order valence-corrected chi connectivity index (χ1v) is 15.7. The molecule has 1 aromatic heterocycles. The van der Waals surface area contributed by atoms with Crippen LogP contribution in [-0.4, -0.2) is 23.2 Å². The number of hydrogen-bond acceptors (Lipinski definition) is 6. The molecule has 0 spiro atoms. The molecule has 1 aliphatic heterocycles. The number of hydrogen-bond donors (Lipinski definition) is 0. The van der Waals surface area contributed by atoms with Crippen molar-refractivity contribution in [1.82, 2.24) is 4.57 Å². The van der Waals surface area contributed by atoms with Gasteiger partial charge in [-0.2, -0.15) is 0 Å². The molecule has 5 rings (SSSR count). The maximum Gasteiger partial charge on any atom is 0.338 e. The Kier molecular flexibility index (Phi) is 8.91. The van der Waals surface area contributed by atoms with E-state index in [0.29, 0.717) is 20.6 Å². The van der Waals surface area contributed by atoms with Crippen molar-refractivity contribution < 1.29 is 14.3 Å². The third-order valence-electron chi connectivity index (χ3n) is 6.16. The largest absolute Gasteiger partial charge is 0.489 e. The fraction of sp³-hybridized carbons (Fsp3) is 0.194. The molecule has 3 aromatic carbocycles. The molecule has 0 amide bonds. The number of carbonyl (C=O) groups is 1. The van der Waals surface area contributed by atoms with Crippen LogP contribution in [0.15, 0.2) is 88.2 Å².